The molecule has 1 aliphatic rings. The van der Waals surface area contributed by atoms with E-state index in [4.69, 9.17) is 4.74 Å². The molecule has 0 bridgehead atoms. The molecule has 8 nitrogen and oxygen atoms in total. The van der Waals surface area contributed by atoms with E-state index in [0.717, 1.165) is 0 Å². The van der Waals surface area contributed by atoms with Gasteiger partial charge in [0.1, 0.15) is 11.5 Å². The van der Waals surface area contributed by atoms with E-state index in [1.54, 1.807) is 17.5 Å². The maximum absolute atomic E-state index is 12.9. The van der Waals surface area contributed by atoms with Crippen molar-refractivity contribution >= 4 is 40.0 Å². The summed E-state index contributed by atoms with van der Waals surface area (Å²) in [5, 5.41) is 8.15. The quantitative estimate of drug-likeness (QED) is 0.772. The summed E-state index contributed by atoms with van der Waals surface area (Å²) in [5.74, 6) is -1.94. The second kappa shape index (κ2) is 7.83. The summed E-state index contributed by atoms with van der Waals surface area (Å²) >= 11 is 1.19. The van der Waals surface area contributed by atoms with E-state index < -0.39 is 18.5 Å². The highest BCUT2D eigenvalue weighted by Gasteiger charge is 2.20. The molecule has 2 N–H and O–H groups in total. The Hall–Kier alpha value is -3.14. The molecule has 1 aliphatic heterocycles. The number of carbonyl (C=O) groups excluding carboxylic acids is 3. The van der Waals surface area contributed by atoms with Crippen LogP contribution in [0.4, 0.5) is 9.52 Å². The second-order valence-corrected chi connectivity index (χ2v) is 6.12. The molecule has 26 heavy (non-hydrogen) atoms. The number of hydrogen-bond acceptors (Lipinski definition) is 7. The molecule has 0 spiro atoms. The van der Waals surface area contributed by atoms with Crippen molar-refractivity contribution < 1.29 is 23.5 Å². The van der Waals surface area contributed by atoms with Crippen LogP contribution in [0.5, 0.6) is 0 Å². The SMILES string of the molecule is O=C1CCC(C(=O)OCC(=O)Nc2nc(-c3ccc(F)cc3)cs2)=NN1. The van der Waals surface area contributed by atoms with Crippen molar-refractivity contribution in [2.45, 2.75) is 12.8 Å². The van der Waals surface area contributed by atoms with Crippen LogP contribution in [-0.4, -0.2) is 35.1 Å². The van der Waals surface area contributed by atoms with Crippen molar-refractivity contribution in [3.63, 3.8) is 0 Å². The number of hydrazone groups is 1. The minimum Gasteiger partial charge on any atom is -0.451 e. The molecule has 0 atom stereocenters. The highest BCUT2D eigenvalue weighted by atomic mass is 32.1. The molecule has 0 saturated carbocycles. The monoisotopic (exact) mass is 376 g/mol. The molecule has 0 fully saturated rings. The number of rotatable bonds is 5. The number of anilines is 1. The van der Waals surface area contributed by atoms with Gasteiger partial charge in [0.05, 0.1) is 5.69 Å². The van der Waals surface area contributed by atoms with Crippen molar-refractivity contribution in [2.75, 3.05) is 11.9 Å². The Bertz CT molecular complexity index is 879. The number of nitrogens with one attached hydrogen (secondary N) is 2. The van der Waals surface area contributed by atoms with E-state index in [1.807, 2.05) is 0 Å². The van der Waals surface area contributed by atoms with Gasteiger partial charge >= 0.3 is 5.97 Å². The smallest absolute Gasteiger partial charge is 0.355 e. The molecule has 0 unspecified atom stereocenters. The van der Waals surface area contributed by atoms with Crippen LogP contribution in [0.15, 0.2) is 34.7 Å². The number of halogens is 1. The number of carbonyl (C=O) groups is 3. The van der Waals surface area contributed by atoms with Crippen LogP contribution in [0, 0.1) is 5.82 Å². The standard InChI is InChI=1S/C16H13FN4O4S/c17-10-3-1-9(2-4-10)12-8-26-16(18-12)19-14(23)7-25-15(24)11-5-6-13(22)21-20-11/h1-4,8H,5-7H2,(H,21,22)(H,18,19,23). The molecule has 134 valence electrons. The fourth-order valence-electron chi connectivity index (χ4n) is 2.08. The lowest BCUT2D eigenvalue weighted by atomic mass is 10.2. The lowest BCUT2D eigenvalue weighted by Gasteiger charge is -2.10. The molecule has 2 amide bonds. The van der Waals surface area contributed by atoms with E-state index in [0.29, 0.717) is 16.4 Å². The second-order valence-electron chi connectivity index (χ2n) is 5.26. The van der Waals surface area contributed by atoms with Crippen molar-refractivity contribution in [3.8, 4) is 11.3 Å². The Labute approximate surface area is 151 Å². The van der Waals surface area contributed by atoms with Gasteiger partial charge in [-0.15, -0.1) is 11.3 Å². The zero-order valence-corrected chi connectivity index (χ0v) is 14.1. The Morgan fingerprint density at radius 2 is 2.04 bits per heavy atom. The first-order chi connectivity index (χ1) is 12.5. The molecule has 3 rings (SSSR count). The normalized spacial score (nSPS) is 13.6. The van der Waals surface area contributed by atoms with E-state index in [1.165, 1.54) is 23.5 Å². The predicted octanol–water partition coefficient (Wildman–Crippen LogP) is 1.70. The van der Waals surface area contributed by atoms with Gasteiger partial charge in [-0.25, -0.2) is 19.6 Å². The van der Waals surface area contributed by atoms with Gasteiger partial charge in [0.25, 0.3) is 5.91 Å². The van der Waals surface area contributed by atoms with Crippen LogP contribution >= 0.6 is 11.3 Å². The summed E-state index contributed by atoms with van der Waals surface area (Å²) in [7, 11) is 0. The maximum atomic E-state index is 12.9. The van der Waals surface area contributed by atoms with Crippen molar-refractivity contribution in [3.05, 3.63) is 35.5 Å². The van der Waals surface area contributed by atoms with Crippen LogP contribution in [0.3, 0.4) is 0 Å². The fraction of sp³-hybridized carbons (Fsp3) is 0.188. The minimum absolute atomic E-state index is 0.0604. The van der Waals surface area contributed by atoms with Gasteiger partial charge in [-0.05, 0) is 24.3 Å². The van der Waals surface area contributed by atoms with Gasteiger partial charge in [-0.2, -0.15) is 5.10 Å². The van der Waals surface area contributed by atoms with E-state index in [-0.39, 0.29) is 30.3 Å². The zero-order valence-electron chi connectivity index (χ0n) is 13.3. The molecule has 0 radical (unpaired) electrons. The summed E-state index contributed by atoms with van der Waals surface area (Å²) in [4.78, 5) is 38.8. The molecular formula is C16H13FN4O4S. The van der Waals surface area contributed by atoms with Gasteiger partial charge in [0.2, 0.25) is 5.91 Å². The Kier molecular flexibility index (Phi) is 5.32. The number of thiazole rings is 1. The van der Waals surface area contributed by atoms with E-state index in [2.05, 4.69) is 20.8 Å². The number of aromatic nitrogens is 1. The summed E-state index contributed by atoms with van der Waals surface area (Å²) < 4.78 is 17.8. The number of esters is 1. The molecule has 0 aliphatic carbocycles. The maximum Gasteiger partial charge on any atom is 0.355 e. The Morgan fingerprint density at radius 3 is 2.73 bits per heavy atom. The van der Waals surface area contributed by atoms with E-state index >= 15 is 0 Å². The number of nitrogens with zero attached hydrogens (tertiary/aromatic N) is 2. The lowest BCUT2D eigenvalue weighted by Crippen LogP contribution is -2.32. The largest absolute Gasteiger partial charge is 0.451 e. The average Bonchev–Trinajstić information content (AvgIpc) is 3.09. The molecular weight excluding hydrogens is 363 g/mol. The van der Waals surface area contributed by atoms with Gasteiger partial charge < -0.3 is 4.74 Å². The minimum atomic E-state index is -0.758. The first-order valence-corrected chi connectivity index (χ1v) is 8.43. The number of benzene rings is 1. The predicted molar refractivity (Wildman–Crippen MR) is 91.9 cm³/mol. The van der Waals surface area contributed by atoms with E-state index in [9.17, 15) is 18.8 Å². The third-order valence-electron chi connectivity index (χ3n) is 3.36. The topological polar surface area (TPSA) is 110 Å². The zero-order chi connectivity index (χ0) is 18.5. The molecule has 10 heteroatoms. The third kappa shape index (κ3) is 4.48. The van der Waals surface area contributed by atoms with Crippen LogP contribution in [0.2, 0.25) is 0 Å². The Morgan fingerprint density at radius 1 is 1.27 bits per heavy atom. The lowest BCUT2D eigenvalue weighted by molar-refractivity contribution is -0.140. The van der Waals surface area contributed by atoms with Gasteiger partial charge in [-0.3, -0.25) is 14.9 Å². The molecule has 2 heterocycles. The third-order valence-corrected chi connectivity index (χ3v) is 4.12. The Balaban J connectivity index is 1.51. The molecule has 0 saturated heterocycles. The summed E-state index contributed by atoms with van der Waals surface area (Å²) in [6, 6.07) is 5.81. The van der Waals surface area contributed by atoms with Gasteiger partial charge in [0.15, 0.2) is 11.7 Å². The number of hydrogen-bond donors (Lipinski definition) is 2. The van der Waals surface area contributed by atoms with Crippen LogP contribution in [-0.2, 0) is 19.1 Å². The first-order valence-electron chi connectivity index (χ1n) is 7.55. The van der Waals surface area contributed by atoms with Crippen LogP contribution in [0.25, 0.3) is 11.3 Å². The highest BCUT2D eigenvalue weighted by molar-refractivity contribution is 7.14. The fourth-order valence-corrected chi connectivity index (χ4v) is 2.81. The molecule has 1 aromatic heterocycles. The van der Waals surface area contributed by atoms with Crippen molar-refractivity contribution in [1.82, 2.24) is 10.4 Å². The van der Waals surface area contributed by atoms with Gasteiger partial charge in [0, 0.05) is 23.8 Å². The highest BCUT2D eigenvalue weighted by Crippen LogP contribution is 2.24. The van der Waals surface area contributed by atoms with Crippen LogP contribution < -0.4 is 10.7 Å². The van der Waals surface area contributed by atoms with Crippen molar-refractivity contribution in [2.24, 2.45) is 5.10 Å². The first kappa shape index (κ1) is 17.7. The molecule has 1 aromatic carbocycles. The summed E-state index contributed by atoms with van der Waals surface area (Å²) in [5.41, 5.74) is 3.55. The number of ether oxygens (including phenoxy) is 1. The summed E-state index contributed by atoms with van der Waals surface area (Å²) in [6.45, 7) is -0.503. The van der Waals surface area contributed by atoms with Gasteiger partial charge in [-0.1, -0.05) is 0 Å². The number of amides is 2. The van der Waals surface area contributed by atoms with Crippen molar-refractivity contribution in [1.29, 1.82) is 0 Å². The van der Waals surface area contributed by atoms with Crippen LogP contribution in [0.1, 0.15) is 12.8 Å². The summed E-state index contributed by atoms with van der Waals surface area (Å²) in [6.07, 6.45) is 0.311. The average molecular weight is 376 g/mol. The molecule has 2 aromatic rings.